The van der Waals surface area contributed by atoms with Gasteiger partial charge in [0.2, 0.25) is 17.7 Å². The summed E-state index contributed by atoms with van der Waals surface area (Å²) in [6, 6.07) is 32.9. The third-order valence-corrected chi connectivity index (χ3v) is 20.5. The van der Waals surface area contributed by atoms with E-state index >= 15 is 0 Å². The van der Waals surface area contributed by atoms with E-state index in [9.17, 15) is 67.4 Å². The van der Waals surface area contributed by atoms with Gasteiger partial charge in [-0.1, -0.05) is 112 Å². The molecule has 4 aliphatic heterocycles. The Balaban J connectivity index is 0.000000243. The number of carboxylic acids is 1. The van der Waals surface area contributed by atoms with Crippen LogP contribution in [-0.2, 0) is 74.9 Å². The number of carbonyl (C=O) groups is 13. The summed E-state index contributed by atoms with van der Waals surface area (Å²) in [6.07, 6.45) is 5.45. The fourth-order valence-electron chi connectivity index (χ4n) is 13.7. The minimum absolute atomic E-state index is 0.0392. The van der Waals surface area contributed by atoms with Gasteiger partial charge in [-0.05, 0) is 242 Å². The number of benzene rings is 6. The van der Waals surface area contributed by atoms with Crippen LogP contribution in [-0.4, -0.2) is 192 Å². The van der Waals surface area contributed by atoms with Crippen molar-refractivity contribution in [2.45, 2.75) is 205 Å². The van der Waals surface area contributed by atoms with E-state index in [0.717, 1.165) is 71.3 Å². The maximum absolute atomic E-state index is 13.6. The molecule has 0 aliphatic carbocycles. The minimum atomic E-state index is -1.19. The number of fused-ring (bicyclic) bond motifs is 4. The van der Waals surface area contributed by atoms with Gasteiger partial charge in [-0.15, -0.1) is 0 Å². The number of imide groups is 2. The molecule has 0 bridgehead atoms. The van der Waals surface area contributed by atoms with Gasteiger partial charge in [0.05, 0.1) is 42.4 Å². The van der Waals surface area contributed by atoms with E-state index in [1.807, 2.05) is 101 Å². The molecule has 0 saturated carbocycles. The summed E-state index contributed by atoms with van der Waals surface area (Å²) in [7, 11) is 0. The van der Waals surface area contributed by atoms with Crippen molar-refractivity contribution in [2.75, 3.05) is 39.3 Å². The highest BCUT2D eigenvalue weighted by Crippen LogP contribution is 2.40. The number of Topliss-reactive ketones (excluding diaryl/α,β-unsaturated/α-hetero) is 2. The van der Waals surface area contributed by atoms with Crippen molar-refractivity contribution in [3.8, 4) is 22.3 Å². The molecule has 708 valence electrons. The number of hydrogen-bond acceptors (Lipinski definition) is 22. The number of amidine groups is 3. The third-order valence-electron chi connectivity index (χ3n) is 18.8. The molecule has 6 aromatic rings. The molecular formula is C98H115Br2Cl2N13O18. The Morgan fingerprint density at radius 1 is 0.406 bits per heavy atom. The lowest BCUT2D eigenvalue weighted by molar-refractivity contribution is -0.133. The van der Waals surface area contributed by atoms with Crippen molar-refractivity contribution in [3.63, 3.8) is 0 Å². The summed E-state index contributed by atoms with van der Waals surface area (Å²) >= 11 is 19.8. The lowest BCUT2D eigenvalue weighted by Crippen LogP contribution is -2.47. The second-order valence-electron chi connectivity index (χ2n) is 35.7. The zero-order chi connectivity index (χ0) is 99.2. The summed E-state index contributed by atoms with van der Waals surface area (Å²) < 4.78 is 23.2. The van der Waals surface area contributed by atoms with Gasteiger partial charge in [0.15, 0.2) is 0 Å². The number of rotatable bonds is 22. The Kier molecular flexibility index (Phi) is 38.1. The second-order valence-corrected chi connectivity index (χ2v) is 38.4. The molecule has 0 aromatic heterocycles. The lowest BCUT2D eigenvalue weighted by atomic mass is 9.98. The number of aliphatic imine (C=N–C) groups is 4. The molecule has 9 N–H and O–H groups in total. The minimum Gasteiger partial charge on any atom is -0.478 e. The van der Waals surface area contributed by atoms with Gasteiger partial charge >= 0.3 is 30.3 Å². The summed E-state index contributed by atoms with van der Waals surface area (Å²) in [5.74, 6) is -3.64. The summed E-state index contributed by atoms with van der Waals surface area (Å²) in [6.45, 7) is 31.2. The van der Waals surface area contributed by atoms with E-state index in [0.29, 0.717) is 117 Å². The first kappa shape index (κ1) is 107. The maximum Gasteiger partial charge on any atom is 0.425 e. The molecule has 0 unspecified atom stereocenters. The van der Waals surface area contributed by atoms with Gasteiger partial charge in [-0.3, -0.25) is 43.3 Å². The number of aliphatic carboxylic acids is 1. The molecule has 35 heteroatoms. The van der Waals surface area contributed by atoms with Crippen molar-refractivity contribution in [1.29, 1.82) is 0 Å². The fraction of sp³-hybridized carbons (Fsp3) is 0.378. The summed E-state index contributed by atoms with van der Waals surface area (Å²) in [4.78, 5) is 185. The summed E-state index contributed by atoms with van der Waals surface area (Å²) in [5, 5.41) is 10.7. The Bertz CT molecular complexity index is 5560. The number of primary amides is 3. The van der Waals surface area contributed by atoms with Crippen LogP contribution in [0.3, 0.4) is 0 Å². The van der Waals surface area contributed by atoms with Crippen LogP contribution >= 0.6 is 55.1 Å². The van der Waals surface area contributed by atoms with Crippen LogP contribution in [0.5, 0.6) is 0 Å². The van der Waals surface area contributed by atoms with Crippen LogP contribution in [0.1, 0.15) is 203 Å². The van der Waals surface area contributed by atoms with Gasteiger partial charge in [-0.25, -0.2) is 38.9 Å². The zero-order valence-electron chi connectivity index (χ0n) is 78.0. The molecule has 0 saturated heterocycles. The number of amides is 10. The highest BCUT2D eigenvalue weighted by atomic mass is 79.9. The molecule has 31 nitrogen and oxygen atoms in total. The Morgan fingerprint density at radius 2 is 0.707 bits per heavy atom. The second kappa shape index (κ2) is 47.2. The highest BCUT2D eigenvalue weighted by molar-refractivity contribution is 9.10. The average Bonchev–Trinajstić information content (AvgIpc) is 1.60. The molecule has 10 rings (SSSR count). The van der Waals surface area contributed by atoms with Crippen molar-refractivity contribution in [2.24, 2.45) is 42.9 Å². The van der Waals surface area contributed by atoms with Gasteiger partial charge in [0.25, 0.3) is 17.7 Å². The quantitative estimate of drug-likeness (QED) is 0.0394. The van der Waals surface area contributed by atoms with Crippen molar-refractivity contribution >= 4 is 203 Å². The number of hydrogen-bond donors (Lipinski definition) is 5. The first-order chi connectivity index (χ1) is 62.0. The third kappa shape index (κ3) is 33.3. The molecule has 0 radical (unpaired) electrons. The van der Waals surface area contributed by atoms with E-state index in [1.165, 1.54) is 27.7 Å². The number of carboxylic acid groups (broad SMARTS) is 1. The summed E-state index contributed by atoms with van der Waals surface area (Å²) in [5.41, 5.74) is 30.4. The number of ketones is 2. The molecule has 6 aromatic carbocycles. The largest absolute Gasteiger partial charge is 0.478 e. The molecule has 0 spiro atoms. The molecule has 0 atom stereocenters. The molecular weight excluding hydrogens is 1880 g/mol. The van der Waals surface area contributed by atoms with E-state index in [1.54, 1.807) is 145 Å². The van der Waals surface area contributed by atoms with Crippen LogP contribution in [0, 0.1) is 0 Å². The predicted molar refractivity (Wildman–Crippen MR) is 524 cm³/mol. The number of ether oxygens (including phenoxy) is 4. The highest BCUT2D eigenvalue weighted by Gasteiger charge is 2.40. The number of nitrogens with two attached hydrogens (primary N) is 4. The normalized spacial score (nSPS) is 13.2. The van der Waals surface area contributed by atoms with Crippen LogP contribution in [0.15, 0.2) is 160 Å². The number of nitrogens with zero attached hydrogens (tertiary/aromatic N) is 9. The van der Waals surface area contributed by atoms with Gasteiger partial charge < -0.3 is 61.7 Å². The number of halogens is 4. The lowest BCUT2D eigenvalue weighted by Gasteiger charge is -2.29. The molecule has 4 heterocycles. The van der Waals surface area contributed by atoms with E-state index in [-0.39, 0.29) is 85.1 Å². The molecule has 133 heavy (non-hydrogen) atoms. The first-order valence-electron chi connectivity index (χ1n) is 42.8. The van der Waals surface area contributed by atoms with Gasteiger partial charge in [0.1, 0.15) is 51.5 Å². The Hall–Kier alpha value is -12.6. The number of carbonyl (C=O) groups excluding carboxylic acids is 12. The maximum atomic E-state index is 13.6. The predicted octanol–water partition coefficient (Wildman–Crippen LogP) is 19.1. The standard InChI is InChI=1S/C26H35BrN4O6.C26H28ClN3O3.C25H27ClN4O3.C21H25BrN2O6/c1-8-11-30(15-20(28)32)22(33)17-12-16-13-18(27)9-10-19(16)29-21(14-17)31(23(34)36-25(2,3)4)24(35)37-26(5,6)7;1-4-9-30(15-25(28)32)26(33)21-10-16(2)29-24-8-6-19(13-20(24)14-21)22-7-5-18(11-17(3)31)12-23(22)27;1-3-8-30(14-24(28)32)25(33)19-12-18-11-17(5-7-22(18)29-23(27)13-19)20-6-4-16(9-15(2)31)10-21(20)26;1-20(2,3)29-18(27)24(19(28)30-21(4,5)6)16-11-13(17(25)26)9-12-10-14(22)7-8-15(12)23-16/h9-10,12-13H,8,11,14-15H2,1-7H3,(H2,28,32);5-8,12-14H,4,9-11,15H2,1-3H3,(H2,28,32);4-7,10-12H,3,8-9,13-14H2,1-2H3,(H2,27,29)(H2,28,32);7-10H,11H2,1-6H3,(H,25,26). The monoisotopic (exact) mass is 1990 g/mol. The van der Waals surface area contributed by atoms with Crippen LogP contribution in [0.2, 0.25) is 10.0 Å². The molecule has 10 amide bonds. The van der Waals surface area contributed by atoms with Gasteiger partial charge in [-0.2, -0.15) is 9.80 Å². The topological polar surface area (TPSA) is 449 Å². The van der Waals surface area contributed by atoms with E-state index in [4.69, 9.17) is 65.1 Å². The molecule has 0 fully saturated rings. The molecule has 4 aliphatic rings. The van der Waals surface area contributed by atoms with Gasteiger partial charge in [0, 0.05) is 139 Å². The Labute approximate surface area is 801 Å². The SMILES string of the molecule is CC(C)(C)OC(=O)N(C(=O)OC(C)(C)C)C1=Nc2ccc(Br)cc2C=C(C(=O)O)C1.CCCN(CC(N)=O)C(=O)C1=Cc2cc(-c3ccc(CC(C)=O)cc3Cl)ccc2N=C(C)C1.CCCN(CC(N)=O)C(=O)C1=Cc2cc(-c3ccc(CC(C)=O)cc3Cl)ccc2N=C(N)C1.CCCN(CC(N)=O)C(=O)C1=Cc2cc(Br)ccc2N=C(N(C(=O)OC(C)(C)C)C(=O)OC(C)(C)C)C1. The zero-order valence-corrected chi connectivity index (χ0v) is 82.7. The first-order valence-corrected chi connectivity index (χ1v) is 45.1. The van der Waals surface area contributed by atoms with Crippen LogP contribution in [0.4, 0.5) is 41.9 Å². The smallest absolute Gasteiger partial charge is 0.425 e. The van der Waals surface area contributed by atoms with Crippen molar-refractivity contribution in [3.05, 3.63) is 184 Å². The fourth-order valence-corrected chi connectivity index (χ4v) is 15.0. The van der Waals surface area contributed by atoms with E-state index in [2.05, 4.69) is 51.8 Å². The van der Waals surface area contributed by atoms with Crippen LogP contribution in [0.25, 0.3) is 46.6 Å². The van der Waals surface area contributed by atoms with E-state index < -0.39 is 76.4 Å². The average molecular weight is 1990 g/mol. The van der Waals surface area contributed by atoms with Crippen molar-refractivity contribution < 1.29 is 86.4 Å². The van der Waals surface area contributed by atoms with Crippen LogP contribution < -0.4 is 22.9 Å². The van der Waals surface area contributed by atoms with Crippen molar-refractivity contribution in [1.82, 2.24) is 24.5 Å². The Morgan fingerprint density at radius 3 is 1.02 bits per heavy atom.